The second kappa shape index (κ2) is 6.76. The van der Waals surface area contributed by atoms with Crippen molar-refractivity contribution in [1.29, 1.82) is 0 Å². The number of nitrogens with zero attached hydrogens (tertiary/aromatic N) is 4. The normalized spacial score (nSPS) is 10.8. The SMILES string of the molecule is Cc1ccc(-n2ncc3c(NCC(=O)c4ccccc4)ncnc32)cc1. The first-order valence-corrected chi connectivity index (χ1v) is 8.30. The fraction of sp³-hybridized carbons (Fsp3) is 0.100. The van der Waals surface area contributed by atoms with Crippen LogP contribution in [0, 0.1) is 6.92 Å². The highest BCUT2D eigenvalue weighted by Crippen LogP contribution is 2.21. The number of ketones is 1. The maximum Gasteiger partial charge on any atom is 0.181 e. The number of carbonyl (C=O) groups excluding carboxylic acids is 1. The minimum atomic E-state index is 0.00305. The van der Waals surface area contributed by atoms with Crippen molar-refractivity contribution in [2.45, 2.75) is 6.92 Å². The van der Waals surface area contributed by atoms with Crippen LogP contribution in [-0.2, 0) is 0 Å². The Morgan fingerprint density at radius 2 is 1.81 bits per heavy atom. The van der Waals surface area contributed by atoms with E-state index >= 15 is 0 Å². The van der Waals surface area contributed by atoms with Gasteiger partial charge in [-0.15, -0.1) is 0 Å². The summed E-state index contributed by atoms with van der Waals surface area (Å²) in [4.78, 5) is 20.9. The number of aromatic nitrogens is 4. The van der Waals surface area contributed by atoms with Crippen LogP contribution in [0.1, 0.15) is 15.9 Å². The average molecular weight is 343 g/mol. The third kappa shape index (κ3) is 3.04. The maximum absolute atomic E-state index is 12.3. The summed E-state index contributed by atoms with van der Waals surface area (Å²) in [7, 11) is 0. The zero-order chi connectivity index (χ0) is 17.9. The zero-order valence-electron chi connectivity index (χ0n) is 14.3. The number of carbonyl (C=O) groups is 1. The monoisotopic (exact) mass is 343 g/mol. The quantitative estimate of drug-likeness (QED) is 0.562. The second-order valence-electron chi connectivity index (χ2n) is 5.99. The van der Waals surface area contributed by atoms with Crippen molar-refractivity contribution in [2.24, 2.45) is 0 Å². The maximum atomic E-state index is 12.3. The van der Waals surface area contributed by atoms with E-state index in [0.717, 1.165) is 11.1 Å². The van der Waals surface area contributed by atoms with Gasteiger partial charge in [-0.25, -0.2) is 14.6 Å². The number of nitrogens with one attached hydrogen (secondary N) is 1. The molecule has 0 aliphatic carbocycles. The molecule has 1 N–H and O–H groups in total. The Balaban J connectivity index is 1.61. The van der Waals surface area contributed by atoms with E-state index in [-0.39, 0.29) is 12.3 Å². The minimum absolute atomic E-state index is 0.00305. The number of rotatable bonds is 5. The second-order valence-corrected chi connectivity index (χ2v) is 5.99. The summed E-state index contributed by atoms with van der Waals surface area (Å²) in [6, 6.07) is 17.2. The number of hydrogen-bond donors (Lipinski definition) is 1. The van der Waals surface area contributed by atoms with Crippen LogP contribution in [0.2, 0.25) is 0 Å². The van der Waals surface area contributed by atoms with Gasteiger partial charge in [0.15, 0.2) is 11.4 Å². The van der Waals surface area contributed by atoms with Crippen LogP contribution in [0.5, 0.6) is 0 Å². The van der Waals surface area contributed by atoms with Gasteiger partial charge in [-0.1, -0.05) is 48.0 Å². The predicted octanol–water partition coefficient (Wildman–Crippen LogP) is 3.42. The van der Waals surface area contributed by atoms with Crippen LogP contribution in [0.25, 0.3) is 16.7 Å². The van der Waals surface area contributed by atoms with E-state index in [1.807, 2.05) is 49.4 Å². The fourth-order valence-corrected chi connectivity index (χ4v) is 2.75. The smallest absolute Gasteiger partial charge is 0.181 e. The van der Waals surface area contributed by atoms with E-state index in [9.17, 15) is 4.79 Å². The topological polar surface area (TPSA) is 72.7 Å². The molecule has 4 rings (SSSR count). The lowest BCUT2D eigenvalue weighted by molar-refractivity contribution is 0.101. The molecule has 0 spiro atoms. The molecule has 6 heteroatoms. The molecule has 6 nitrogen and oxygen atoms in total. The minimum Gasteiger partial charge on any atom is -0.362 e. The van der Waals surface area contributed by atoms with Crippen LogP contribution in [0.3, 0.4) is 0 Å². The van der Waals surface area contributed by atoms with Crippen molar-refractivity contribution < 1.29 is 4.79 Å². The molecule has 0 amide bonds. The number of hydrogen-bond acceptors (Lipinski definition) is 5. The molecule has 0 saturated carbocycles. The molecule has 2 aromatic heterocycles. The van der Waals surface area contributed by atoms with Gasteiger partial charge >= 0.3 is 0 Å². The van der Waals surface area contributed by atoms with Crippen molar-refractivity contribution in [2.75, 3.05) is 11.9 Å². The van der Waals surface area contributed by atoms with Gasteiger partial charge in [-0.3, -0.25) is 4.79 Å². The molecule has 0 radical (unpaired) electrons. The molecule has 0 aliphatic heterocycles. The largest absolute Gasteiger partial charge is 0.362 e. The molecule has 0 saturated heterocycles. The van der Waals surface area contributed by atoms with Crippen molar-refractivity contribution in [3.63, 3.8) is 0 Å². The summed E-state index contributed by atoms with van der Waals surface area (Å²) in [5.74, 6) is 0.598. The molecule has 26 heavy (non-hydrogen) atoms. The van der Waals surface area contributed by atoms with E-state index in [1.54, 1.807) is 23.0 Å². The Labute approximate surface area is 150 Å². The van der Waals surface area contributed by atoms with Crippen LogP contribution >= 0.6 is 0 Å². The first kappa shape index (κ1) is 16.0. The number of Topliss-reactive ketones (excluding diaryl/α,β-unsaturated/α-hetero) is 1. The lowest BCUT2D eigenvalue weighted by atomic mass is 10.1. The molecular formula is C20H17N5O. The van der Waals surface area contributed by atoms with E-state index in [2.05, 4.69) is 20.4 Å². The van der Waals surface area contributed by atoms with Gasteiger partial charge in [-0.05, 0) is 19.1 Å². The molecule has 0 aliphatic rings. The van der Waals surface area contributed by atoms with E-state index in [1.165, 1.54) is 11.9 Å². The van der Waals surface area contributed by atoms with Gasteiger partial charge in [0.2, 0.25) is 0 Å². The lowest BCUT2D eigenvalue weighted by Gasteiger charge is -2.07. The predicted molar refractivity (Wildman–Crippen MR) is 101 cm³/mol. The molecule has 2 aromatic carbocycles. The molecule has 0 fully saturated rings. The third-order valence-corrected chi connectivity index (χ3v) is 4.16. The van der Waals surface area contributed by atoms with Crippen molar-refractivity contribution in [3.05, 3.63) is 78.2 Å². The van der Waals surface area contributed by atoms with Gasteiger partial charge in [0.1, 0.15) is 12.1 Å². The highest BCUT2D eigenvalue weighted by atomic mass is 16.1. The van der Waals surface area contributed by atoms with Crippen LogP contribution in [-0.4, -0.2) is 32.1 Å². The van der Waals surface area contributed by atoms with Crippen molar-refractivity contribution in [1.82, 2.24) is 19.7 Å². The van der Waals surface area contributed by atoms with Crippen molar-refractivity contribution in [3.8, 4) is 5.69 Å². The highest BCUT2D eigenvalue weighted by Gasteiger charge is 2.12. The van der Waals surface area contributed by atoms with Crippen LogP contribution in [0.15, 0.2) is 67.1 Å². The summed E-state index contributed by atoms with van der Waals surface area (Å²) in [5.41, 5.74) is 3.47. The van der Waals surface area contributed by atoms with Crippen LogP contribution in [0.4, 0.5) is 5.82 Å². The summed E-state index contributed by atoms with van der Waals surface area (Å²) in [5, 5.41) is 8.31. The Bertz CT molecular complexity index is 1050. The fourth-order valence-electron chi connectivity index (χ4n) is 2.75. The molecule has 0 bridgehead atoms. The standard InChI is InChI=1S/C20H17N5O/c1-14-7-9-16(10-8-14)25-20-17(11-24-25)19(22-13-23-20)21-12-18(26)15-5-3-2-4-6-15/h2-11,13H,12H2,1H3,(H,21,22,23). The van der Waals surface area contributed by atoms with E-state index < -0.39 is 0 Å². The molecule has 0 unspecified atom stereocenters. The Hall–Kier alpha value is -3.54. The third-order valence-electron chi connectivity index (χ3n) is 4.16. The molecule has 4 aromatic rings. The van der Waals surface area contributed by atoms with Crippen LogP contribution < -0.4 is 5.32 Å². The van der Waals surface area contributed by atoms with Gasteiger partial charge in [0, 0.05) is 5.56 Å². The summed E-state index contributed by atoms with van der Waals surface area (Å²) < 4.78 is 1.76. The highest BCUT2D eigenvalue weighted by molar-refractivity contribution is 5.99. The lowest BCUT2D eigenvalue weighted by Crippen LogP contribution is -2.15. The Kier molecular flexibility index (Phi) is 4.15. The molecular weight excluding hydrogens is 326 g/mol. The van der Waals surface area contributed by atoms with Gasteiger partial charge in [0.25, 0.3) is 0 Å². The summed E-state index contributed by atoms with van der Waals surface area (Å²) in [6.07, 6.45) is 3.19. The first-order chi connectivity index (χ1) is 12.7. The van der Waals surface area contributed by atoms with Gasteiger partial charge in [0.05, 0.1) is 23.8 Å². The van der Waals surface area contributed by atoms with E-state index in [0.29, 0.717) is 17.0 Å². The average Bonchev–Trinajstić information content (AvgIpc) is 3.12. The summed E-state index contributed by atoms with van der Waals surface area (Å²) in [6.45, 7) is 2.20. The van der Waals surface area contributed by atoms with Crippen molar-refractivity contribution >= 4 is 22.6 Å². The Morgan fingerprint density at radius 3 is 2.58 bits per heavy atom. The van der Waals surface area contributed by atoms with E-state index in [4.69, 9.17) is 0 Å². The zero-order valence-corrected chi connectivity index (χ0v) is 14.3. The molecule has 128 valence electrons. The van der Waals surface area contributed by atoms with Gasteiger partial charge < -0.3 is 5.32 Å². The molecule has 0 atom stereocenters. The summed E-state index contributed by atoms with van der Waals surface area (Å²) >= 11 is 0. The number of anilines is 1. The number of benzene rings is 2. The first-order valence-electron chi connectivity index (χ1n) is 8.30. The Morgan fingerprint density at radius 1 is 1.04 bits per heavy atom. The number of fused-ring (bicyclic) bond motifs is 1. The number of aryl methyl sites for hydroxylation is 1. The van der Waals surface area contributed by atoms with Gasteiger partial charge in [-0.2, -0.15) is 5.10 Å². The molecule has 2 heterocycles.